The number of aromatic carboxylic acids is 1. The van der Waals surface area contributed by atoms with Gasteiger partial charge in [-0.1, -0.05) is 6.07 Å². The van der Waals surface area contributed by atoms with Gasteiger partial charge in [-0.05, 0) is 48.9 Å². The summed E-state index contributed by atoms with van der Waals surface area (Å²) >= 11 is 0. The first-order chi connectivity index (χ1) is 9.10. The first kappa shape index (κ1) is 13.0. The molecule has 0 saturated carbocycles. The molecule has 0 bridgehead atoms. The van der Waals surface area contributed by atoms with Crippen LogP contribution in [0.1, 0.15) is 15.9 Å². The van der Waals surface area contributed by atoms with E-state index in [1.165, 1.54) is 12.1 Å². The van der Waals surface area contributed by atoms with Crippen LogP contribution in [0.3, 0.4) is 0 Å². The molecule has 2 aromatic rings. The van der Waals surface area contributed by atoms with E-state index in [0.717, 1.165) is 5.56 Å². The fourth-order valence-electron chi connectivity index (χ4n) is 1.65. The van der Waals surface area contributed by atoms with Gasteiger partial charge in [0.15, 0.2) is 11.5 Å². The van der Waals surface area contributed by atoms with Crippen molar-refractivity contribution in [1.82, 2.24) is 0 Å². The number of carbonyl (C=O) groups is 1. The van der Waals surface area contributed by atoms with E-state index in [2.05, 4.69) is 0 Å². The number of carboxylic acids is 1. The van der Waals surface area contributed by atoms with E-state index in [4.69, 9.17) is 14.6 Å². The zero-order valence-electron chi connectivity index (χ0n) is 10.7. The van der Waals surface area contributed by atoms with Gasteiger partial charge in [-0.25, -0.2) is 4.79 Å². The lowest BCUT2D eigenvalue weighted by molar-refractivity contribution is 0.0697. The summed E-state index contributed by atoms with van der Waals surface area (Å²) < 4.78 is 10.9. The van der Waals surface area contributed by atoms with Crippen LogP contribution in [0, 0.1) is 6.92 Å². The van der Waals surface area contributed by atoms with Crippen molar-refractivity contribution < 1.29 is 19.4 Å². The van der Waals surface area contributed by atoms with E-state index >= 15 is 0 Å². The largest absolute Gasteiger partial charge is 0.493 e. The van der Waals surface area contributed by atoms with Crippen LogP contribution in [0.15, 0.2) is 42.5 Å². The molecule has 0 aliphatic rings. The molecule has 0 aliphatic heterocycles. The van der Waals surface area contributed by atoms with Gasteiger partial charge in [0, 0.05) is 0 Å². The van der Waals surface area contributed by atoms with Gasteiger partial charge < -0.3 is 14.6 Å². The van der Waals surface area contributed by atoms with Crippen molar-refractivity contribution in [2.45, 2.75) is 6.92 Å². The van der Waals surface area contributed by atoms with Crippen LogP contribution in [0.5, 0.6) is 17.2 Å². The van der Waals surface area contributed by atoms with Crippen LogP contribution in [0.25, 0.3) is 0 Å². The van der Waals surface area contributed by atoms with E-state index in [1.54, 1.807) is 19.2 Å². The second kappa shape index (κ2) is 5.44. The van der Waals surface area contributed by atoms with Gasteiger partial charge in [-0.2, -0.15) is 0 Å². The molecule has 0 amide bonds. The first-order valence-electron chi connectivity index (χ1n) is 5.76. The van der Waals surface area contributed by atoms with Crippen molar-refractivity contribution in [3.8, 4) is 17.2 Å². The van der Waals surface area contributed by atoms with E-state index in [1.807, 2.05) is 25.1 Å². The third-order valence-electron chi connectivity index (χ3n) is 2.65. The molecule has 0 saturated heterocycles. The van der Waals surface area contributed by atoms with E-state index < -0.39 is 5.97 Å². The van der Waals surface area contributed by atoms with Crippen molar-refractivity contribution in [3.05, 3.63) is 53.6 Å². The number of carboxylic acid groups (broad SMARTS) is 1. The quantitative estimate of drug-likeness (QED) is 0.912. The Balaban J connectivity index is 2.23. The minimum absolute atomic E-state index is 0.225. The molecule has 0 unspecified atom stereocenters. The number of aryl methyl sites for hydroxylation is 1. The highest BCUT2D eigenvalue weighted by Gasteiger charge is 2.07. The van der Waals surface area contributed by atoms with Gasteiger partial charge in [-0.15, -0.1) is 0 Å². The summed E-state index contributed by atoms with van der Waals surface area (Å²) in [6, 6.07) is 11.8. The highest BCUT2D eigenvalue weighted by Crippen LogP contribution is 2.32. The lowest BCUT2D eigenvalue weighted by Gasteiger charge is -2.11. The smallest absolute Gasteiger partial charge is 0.335 e. The van der Waals surface area contributed by atoms with Gasteiger partial charge >= 0.3 is 5.97 Å². The molecule has 0 atom stereocenters. The van der Waals surface area contributed by atoms with Crippen LogP contribution in [0.4, 0.5) is 0 Å². The second-order valence-electron chi connectivity index (χ2n) is 4.09. The first-order valence-corrected chi connectivity index (χ1v) is 5.76. The third-order valence-corrected chi connectivity index (χ3v) is 2.65. The third kappa shape index (κ3) is 3.04. The number of rotatable bonds is 4. The Morgan fingerprint density at radius 3 is 2.32 bits per heavy atom. The molecule has 19 heavy (non-hydrogen) atoms. The summed E-state index contributed by atoms with van der Waals surface area (Å²) in [5.41, 5.74) is 1.30. The van der Waals surface area contributed by atoms with Gasteiger partial charge in [0.2, 0.25) is 0 Å². The molecule has 0 radical (unpaired) electrons. The minimum Gasteiger partial charge on any atom is -0.493 e. The number of methoxy groups -OCH3 is 1. The normalized spacial score (nSPS) is 10.0. The summed E-state index contributed by atoms with van der Waals surface area (Å²) in [6.45, 7) is 1.97. The lowest BCUT2D eigenvalue weighted by atomic mass is 10.2. The maximum atomic E-state index is 10.7. The fourth-order valence-corrected chi connectivity index (χ4v) is 1.65. The minimum atomic E-state index is -0.959. The topological polar surface area (TPSA) is 55.8 Å². The molecule has 2 rings (SSSR count). The Morgan fingerprint density at radius 1 is 1.05 bits per heavy atom. The van der Waals surface area contributed by atoms with Gasteiger partial charge in [0.25, 0.3) is 0 Å². The predicted molar refractivity (Wildman–Crippen MR) is 71.2 cm³/mol. The molecular formula is C15H14O4. The van der Waals surface area contributed by atoms with E-state index in [9.17, 15) is 4.79 Å². The molecule has 1 N–H and O–H groups in total. The van der Waals surface area contributed by atoms with E-state index in [-0.39, 0.29) is 5.56 Å². The Hall–Kier alpha value is -2.49. The average Bonchev–Trinajstić information content (AvgIpc) is 2.41. The Bertz CT molecular complexity index is 588. The van der Waals surface area contributed by atoms with Crippen molar-refractivity contribution in [3.63, 3.8) is 0 Å². The van der Waals surface area contributed by atoms with Gasteiger partial charge in [-0.3, -0.25) is 0 Å². The number of hydrogen-bond acceptors (Lipinski definition) is 3. The second-order valence-corrected chi connectivity index (χ2v) is 4.09. The van der Waals surface area contributed by atoms with Crippen LogP contribution < -0.4 is 9.47 Å². The standard InChI is InChI=1S/C15H14O4/c1-10-3-8-13(14(9-10)18-2)19-12-6-4-11(5-7-12)15(16)17/h3-9H,1-2H3,(H,16,17). The molecule has 0 aliphatic carbocycles. The van der Waals surface area contributed by atoms with Crippen LogP contribution >= 0.6 is 0 Å². The SMILES string of the molecule is COc1cc(C)ccc1Oc1ccc(C(=O)O)cc1. The van der Waals surface area contributed by atoms with Crippen molar-refractivity contribution in [2.24, 2.45) is 0 Å². The molecule has 0 spiro atoms. The summed E-state index contributed by atoms with van der Waals surface area (Å²) in [5.74, 6) is 0.838. The maximum Gasteiger partial charge on any atom is 0.335 e. The molecule has 0 aromatic heterocycles. The zero-order chi connectivity index (χ0) is 13.8. The molecule has 4 heteroatoms. The van der Waals surface area contributed by atoms with Crippen LogP contribution in [-0.4, -0.2) is 18.2 Å². The fraction of sp³-hybridized carbons (Fsp3) is 0.133. The molecule has 0 heterocycles. The predicted octanol–water partition coefficient (Wildman–Crippen LogP) is 3.49. The summed E-state index contributed by atoms with van der Waals surface area (Å²) in [5, 5.41) is 8.82. The summed E-state index contributed by atoms with van der Waals surface area (Å²) in [4.78, 5) is 10.7. The maximum absolute atomic E-state index is 10.7. The highest BCUT2D eigenvalue weighted by atomic mass is 16.5. The molecule has 4 nitrogen and oxygen atoms in total. The number of ether oxygens (including phenoxy) is 2. The summed E-state index contributed by atoms with van der Waals surface area (Å²) in [7, 11) is 1.58. The molecule has 0 fully saturated rings. The number of hydrogen-bond donors (Lipinski definition) is 1. The lowest BCUT2D eigenvalue weighted by Crippen LogP contribution is -1.95. The van der Waals surface area contributed by atoms with Crippen molar-refractivity contribution >= 4 is 5.97 Å². The Labute approximate surface area is 111 Å². The van der Waals surface area contributed by atoms with Crippen molar-refractivity contribution in [1.29, 1.82) is 0 Å². The average molecular weight is 258 g/mol. The number of benzene rings is 2. The van der Waals surface area contributed by atoms with Gasteiger partial charge in [0.05, 0.1) is 12.7 Å². The van der Waals surface area contributed by atoms with Crippen LogP contribution in [0.2, 0.25) is 0 Å². The summed E-state index contributed by atoms with van der Waals surface area (Å²) in [6.07, 6.45) is 0. The Kier molecular flexibility index (Phi) is 3.71. The molecular weight excluding hydrogens is 244 g/mol. The van der Waals surface area contributed by atoms with Crippen LogP contribution in [-0.2, 0) is 0 Å². The molecule has 98 valence electrons. The van der Waals surface area contributed by atoms with Crippen molar-refractivity contribution in [2.75, 3.05) is 7.11 Å². The van der Waals surface area contributed by atoms with Gasteiger partial charge in [0.1, 0.15) is 5.75 Å². The zero-order valence-corrected chi connectivity index (χ0v) is 10.7. The Morgan fingerprint density at radius 2 is 1.74 bits per heavy atom. The molecule has 2 aromatic carbocycles. The monoisotopic (exact) mass is 258 g/mol. The highest BCUT2D eigenvalue weighted by molar-refractivity contribution is 5.87. The van der Waals surface area contributed by atoms with E-state index in [0.29, 0.717) is 17.2 Å².